The lowest BCUT2D eigenvalue weighted by Crippen LogP contribution is -2.49. The van der Waals surface area contributed by atoms with Crippen LogP contribution in [0.4, 0.5) is 0 Å². The number of hydroxylamine groups is 1. The smallest absolute Gasteiger partial charge is 0.244 e. The van der Waals surface area contributed by atoms with Crippen LogP contribution >= 0.6 is 0 Å². The molecule has 0 aliphatic heterocycles. The second-order valence-corrected chi connectivity index (χ2v) is 7.66. The molecule has 3 amide bonds. The van der Waals surface area contributed by atoms with Crippen LogP contribution < -0.4 is 16.1 Å². The van der Waals surface area contributed by atoms with Crippen LogP contribution in [0.25, 0.3) is 0 Å². The third kappa shape index (κ3) is 7.29. The number of nitrogens with one attached hydrogen (secondary N) is 3. The van der Waals surface area contributed by atoms with E-state index in [1.165, 1.54) is 0 Å². The molecule has 7 heteroatoms. The zero-order chi connectivity index (χ0) is 23.5. The fourth-order valence-corrected chi connectivity index (χ4v) is 3.52. The van der Waals surface area contributed by atoms with Crippen molar-refractivity contribution in [3.63, 3.8) is 0 Å². The summed E-state index contributed by atoms with van der Waals surface area (Å²) in [6.07, 6.45) is 0.0386. The molecule has 0 radical (unpaired) electrons. The number of amides is 3. The van der Waals surface area contributed by atoms with Crippen molar-refractivity contribution in [2.24, 2.45) is 0 Å². The minimum atomic E-state index is -0.862. The molecule has 0 bridgehead atoms. The Bertz CT molecular complexity index is 1040. The Morgan fingerprint density at radius 3 is 1.85 bits per heavy atom. The van der Waals surface area contributed by atoms with Crippen molar-refractivity contribution in [2.75, 3.05) is 0 Å². The Hall–Kier alpha value is -3.97. The van der Waals surface area contributed by atoms with Gasteiger partial charge in [-0.2, -0.15) is 0 Å². The van der Waals surface area contributed by atoms with E-state index in [1.807, 2.05) is 60.7 Å². The highest BCUT2D eigenvalue weighted by molar-refractivity contribution is 5.93. The third-order valence-corrected chi connectivity index (χ3v) is 5.26. The number of carbonyl (C=O) groups is 3. The topological polar surface area (TPSA) is 108 Å². The van der Waals surface area contributed by atoms with E-state index in [4.69, 9.17) is 5.21 Å². The Morgan fingerprint density at radius 2 is 1.27 bits per heavy atom. The molecular weight excluding hydrogens is 418 g/mol. The summed E-state index contributed by atoms with van der Waals surface area (Å²) in [5.74, 6) is -2.35. The molecule has 2 atom stereocenters. The maximum Gasteiger partial charge on any atom is 0.244 e. The van der Waals surface area contributed by atoms with Crippen molar-refractivity contribution >= 4 is 17.7 Å². The standard InChI is InChI=1S/C26H27N3O4/c30-24(29-33)17-22(21-14-8-3-9-15-21)25(31)28-23(16-19-10-4-1-5-11-19)26(32)27-18-20-12-6-2-7-13-20/h1-15,22-23,33H,16-18H2,(H,27,32)(H,28,31)(H,29,30)/t22-,23-/m0/s1. The Morgan fingerprint density at radius 1 is 0.727 bits per heavy atom. The highest BCUT2D eigenvalue weighted by Gasteiger charge is 2.28. The number of hydrogen-bond donors (Lipinski definition) is 4. The van der Waals surface area contributed by atoms with E-state index < -0.39 is 23.8 Å². The van der Waals surface area contributed by atoms with Crippen LogP contribution in [0.2, 0.25) is 0 Å². The van der Waals surface area contributed by atoms with Gasteiger partial charge in [0.1, 0.15) is 6.04 Å². The van der Waals surface area contributed by atoms with Gasteiger partial charge in [-0.25, -0.2) is 5.48 Å². The summed E-state index contributed by atoms with van der Waals surface area (Å²) in [6.45, 7) is 0.329. The number of rotatable bonds is 10. The Balaban J connectivity index is 1.78. The minimum absolute atomic E-state index is 0.254. The summed E-state index contributed by atoms with van der Waals surface area (Å²) in [5.41, 5.74) is 4.02. The molecule has 0 saturated carbocycles. The SMILES string of the molecule is O=C(C[C@H](C(=O)N[C@@H](Cc1ccccc1)C(=O)NCc1ccccc1)c1ccccc1)NO. The van der Waals surface area contributed by atoms with Crippen molar-refractivity contribution in [1.82, 2.24) is 16.1 Å². The first-order valence-electron chi connectivity index (χ1n) is 10.7. The maximum absolute atomic E-state index is 13.2. The van der Waals surface area contributed by atoms with Gasteiger partial charge >= 0.3 is 0 Å². The molecule has 0 aliphatic rings. The lowest BCUT2D eigenvalue weighted by atomic mass is 9.93. The summed E-state index contributed by atoms with van der Waals surface area (Å²) in [6, 6.07) is 26.8. The van der Waals surface area contributed by atoms with Crippen LogP contribution in [0.3, 0.4) is 0 Å². The quantitative estimate of drug-likeness (QED) is 0.284. The molecule has 33 heavy (non-hydrogen) atoms. The largest absolute Gasteiger partial charge is 0.350 e. The first kappa shape index (κ1) is 23.7. The van der Waals surface area contributed by atoms with E-state index in [2.05, 4.69) is 10.6 Å². The Labute approximate surface area is 192 Å². The molecule has 4 N–H and O–H groups in total. The van der Waals surface area contributed by atoms with E-state index in [0.29, 0.717) is 18.5 Å². The van der Waals surface area contributed by atoms with Crippen LogP contribution in [-0.4, -0.2) is 29.0 Å². The lowest BCUT2D eigenvalue weighted by Gasteiger charge is -2.22. The zero-order valence-electron chi connectivity index (χ0n) is 18.1. The summed E-state index contributed by atoms with van der Waals surface area (Å²) in [5, 5.41) is 14.7. The predicted molar refractivity (Wildman–Crippen MR) is 124 cm³/mol. The van der Waals surface area contributed by atoms with Crippen molar-refractivity contribution in [2.45, 2.75) is 31.3 Å². The molecule has 7 nitrogen and oxygen atoms in total. The van der Waals surface area contributed by atoms with E-state index >= 15 is 0 Å². The normalized spacial score (nSPS) is 12.3. The highest BCUT2D eigenvalue weighted by Crippen LogP contribution is 2.20. The predicted octanol–water partition coefficient (Wildman–Crippen LogP) is 2.71. The van der Waals surface area contributed by atoms with Gasteiger partial charge in [-0.1, -0.05) is 91.0 Å². The molecule has 3 aromatic carbocycles. The molecule has 0 saturated heterocycles. The number of hydrogen-bond acceptors (Lipinski definition) is 4. The average Bonchev–Trinajstić information content (AvgIpc) is 2.87. The van der Waals surface area contributed by atoms with E-state index in [0.717, 1.165) is 11.1 Å². The van der Waals surface area contributed by atoms with Gasteiger partial charge in [-0.05, 0) is 16.7 Å². The van der Waals surface area contributed by atoms with E-state index in [9.17, 15) is 14.4 Å². The molecule has 3 aromatic rings. The second-order valence-electron chi connectivity index (χ2n) is 7.66. The second kappa shape index (κ2) is 12.2. The van der Waals surface area contributed by atoms with E-state index in [1.54, 1.807) is 35.8 Å². The maximum atomic E-state index is 13.2. The van der Waals surface area contributed by atoms with Crippen LogP contribution in [0.5, 0.6) is 0 Å². The van der Waals surface area contributed by atoms with Gasteiger partial charge in [0.15, 0.2) is 0 Å². The molecule has 3 rings (SSSR count). The molecule has 170 valence electrons. The van der Waals surface area contributed by atoms with Crippen molar-refractivity contribution in [3.8, 4) is 0 Å². The zero-order valence-corrected chi connectivity index (χ0v) is 18.1. The molecular formula is C26H27N3O4. The first-order valence-corrected chi connectivity index (χ1v) is 10.7. The molecule has 0 spiro atoms. The summed E-state index contributed by atoms with van der Waals surface area (Å²) >= 11 is 0. The van der Waals surface area contributed by atoms with Crippen LogP contribution in [0, 0.1) is 0 Å². The number of carbonyl (C=O) groups excluding carboxylic acids is 3. The fraction of sp³-hybridized carbons (Fsp3) is 0.192. The van der Waals surface area contributed by atoms with Gasteiger partial charge in [0.2, 0.25) is 17.7 Å². The molecule has 0 aliphatic carbocycles. The summed E-state index contributed by atoms with van der Waals surface area (Å²) < 4.78 is 0. The Kier molecular flexibility index (Phi) is 8.73. The molecule has 0 aromatic heterocycles. The van der Waals surface area contributed by atoms with Gasteiger partial charge < -0.3 is 10.6 Å². The fourth-order valence-electron chi connectivity index (χ4n) is 3.52. The highest BCUT2D eigenvalue weighted by atomic mass is 16.5. The van der Waals surface area contributed by atoms with Gasteiger partial charge in [-0.3, -0.25) is 19.6 Å². The molecule has 0 fully saturated rings. The van der Waals surface area contributed by atoms with Crippen molar-refractivity contribution in [1.29, 1.82) is 0 Å². The summed E-state index contributed by atoms with van der Waals surface area (Å²) in [4.78, 5) is 38.1. The lowest BCUT2D eigenvalue weighted by molar-refractivity contribution is -0.134. The summed E-state index contributed by atoms with van der Waals surface area (Å²) in [7, 11) is 0. The average molecular weight is 446 g/mol. The third-order valence-electron chi connectivity index (χ3n) is 5.26. The van der Waals surface area contributed by atoms with Crippen molar-refractivity contribution in [3.05, 3.63) is 108 Å². The molecule has 0 unspecified atom stereocenters. The van der Waals surface area contributed by atoms with Gasteiger partial charge in [0.25, 0.3) is 0 Å². The van der Waals surface area contributed by atoms with Crippen molar-refractivity contribution < 1.29 is 19.6 Å². The number of benzene rings is 3. The first-order chi connectivity index (χ1) is 16.1. The van der Waals surface area contributed by atoms with Crippen LogP contribution in [0.1, 0.15) is 29.0 Å². The van der Waals surface area contributed by atoms with Crippen LogP contribution in [-0.2, 0) is 27.3 Å². The van der Waals surface area contributed by atoms with Crippen LogP contribution in [0.15, 0.2) is 91.0 Å². The minimum Gasteiger partial charge on any atom is -0.350 e. The van der Waals surface area contributed by atoms with E-state index in [-0.39, 0.29) is 12.3 Å². The van der Waals surface area contributed by atoms with Gasteiger partial charge in [0, 0.05) is 19.4 Å². The molecule has 0 heterocycles. The monoisotopic (exact) mass is 445 g/mol. The van der Waals surface area contributed by atoms with Gasteiger partial charge in [-0.15, -0.1) is 0 Å². The van der Waals surface area contributed by atoms with Gasteiger partial charge in [0.05, 0.1) is 5.92 Å².